The van der Waals surface area contributed by atoms with Gasteiger partial charge in [-0.2, -0.15) is 0 Å². The molecule has 1 heterocycles. The van der Waals surface area contributed by atoms with Crippen molar-refractivity contribution in [1.82, 2.24) is 0 Å². The first-order valence-corrected chi connectivity index (χ1v) is 8.59. The molecule has 1 fully saturated rings. The van der Waals surface area contributed by atoms with Gasteiger partial charge in [-0.25, -0.2) is 0 Å². The van der Waals surface area contributed by atoms with Gasteiger partial charge in [0.15, 0.2) is 0 Å². The van der Waals surface area contributed by atoms with E-state index in [1.54, 1.807) is 42.3 Å². The number of benzene rings is 2. The molecule has 0 aromatic heterocycles. The van der Waals surface area contributed by atoms with Gasteiger partial charge >= 0.3 is 0 Å². The van der Waals surface area contributed by atoms with Crippen LogP contribution in [-0.2, 0) is 9.59 Å². The highest BCUT2D eigenvalue weighted by Gasteiger charge is 2.36. The molecule has 1 aliphatic rings. The SMILES string of the molecule is CCOc1ccc(NC(=O)[C@H]2CC(=O)N(c3ccccc3OC)C2)cc1. The minimum Gasteiger partial charge on any atom is -0.495 e. The first kappa shape index (κ1) is 17.8. The second-order valence-corrected chi connectivity index (χ2v) is 6.02. The summed E-state index contributed by atoms with van der Waals surface area (Å²) in [5.41, 5.74) is 1.37. The largest absolute Gasteiger partial charge is 0.495 e. The van der Waals surface area contributed by atoms with E-state index >= 15 is 0 Å². The summed E-state index contributed by atoms with van der Waals surface area (Å²) in [6.07, 6.45) is 0.181. The van der Waals surface area contributed by atoms with Gasteiger partial charge in [0.1, 0.15) is 11.5 Å². The molecule has 1 atom stereocenters. The van der Waals surface area contributed by atoms with Crippen molar-refractivity contribution in [2.45, 2.75) is 13.3 Å². The van der Waals surface area contributed by atoms with Crippen molar-refractivity contribution in [2.75, 3.05) is 30.5 Å². The number of hydrogen-bond donors (Lipinski definition) is 1. The van der Waals surface area contributed by atoms with Crippen LogP contribution in [0.3, 0.4) is 0 Å². The Morgan fingerprint density at radius 2 is 1.92 bits per heavy atom. The summed E-state index contributed by atoms with van der Waals surface area (Å²) in [7, 11) is 1.56. The lowest BCUT2D eigenvalue weighted by molar-refractivity contribution is -0.122. The topological polar surface area (TPSA) is 67.9 Å². The fourth-order valence-corrected chi connectivity index (χ4v) is 3.01. The number of hydrogen-bond acceptors (Lipinski definition) is 4. The Morgan fingerprint density at radius 1 is 1.19 bits per heavy atom. The van der Waals surface area contributed by atoms with Crippen LogP contribution in [0.25, 0.3) is 0 Å². The van der Waals surface area contributed by atoms with Crippen molar-refractivity contribution >= 4 is 23.2 Å². The Morgan fingerprint density at radius 3 is 2.62 bits per heavy atom. The predicted octanol–water partition coefficient (Wildman–Crippen LogP) is 3.09. The van der Waals surface area contributed by atoms with Crippen LogP contribution in [-0.4, -0.2) is 32.1 Å². The summed E-state index contributed by atoms with van der Waals surface area (Å²) >= 11 is 0. The van der Waals surface area contributed by atoms with Crippen molar-refractivity contribution in [3.63, 3.8) is 0 Å². The van der Waals surface area contributed by atoms with Crippen molar-refractivity contribution in [2.24, 2.45) is 5.92 Å². The van der Waals surface area contributed by atoms with E-state index in [1.165, 1.54) is 0 Å². The number of nitrogens with one attached hydrogen (secondary N) is 1. The smallest absolute Gasteiger partial charge is 0.229 e. The number of para-hydroxylation sites is 2. The summed E-state index contributed by atoms with van der Waals surface area (Å²) in [5, 5.41) is 2.87. The molecule has 2 aromatic carbocycles. The molecule has 6 nitrogen and oxygen atoms in total. The van der Waals surface area contributed by atoms with E-state index in [4.69, 9.17) is 9.47 Å². The molecule has 6 heteroatoms. The number of ether oxygens (including phenoxy) is 2. The number of nitrogens with zero attached hydrogens (tertiary/aromatic N) is 1. The van der Waals surface area contributed by atoms with E-state index in [1.807, 2.05) is 25.1 Å². The average molecular weight is 354 g/mol. The van der Waals surface area contributed by atoms with Gasteiger partial charge in [-0.1, -0.05) is 12.1 Å². The van der Waals surface area contributed by atoms with Gasteiger partial charge in [0.25, 0.3) is 0 Å². The molecule has 136 valence electrons. The van der Waals surface area contributed by atoms with Crippen LogP contribution in [0, 0.1) is 5.92 Å². The van der Waals surface area contributed by atoms with Gasteiger partial charge in [0.2, 0.25) is 11.8 Å². The van der Waals surface area contributed by atoms with Crippen molar-refractivity contribution in [3.05, 3.63) is 48.5 Å². The minimum absolute atomic E-state index is 0.0821. The fraction of sp³-hybridized carbons (Fsp3) is 0.300. The molecular formula is C20H22N2O4. The van der Waals surface area contributed by atoms with E-state index in [9.17, 15) is 9.59 Å². The van der Waals surface area contributed by atoms with Crippen molar-refractivity contribution < 1.29 is 19.1 Å². The monoisotopic (exact) mass is 354 g/mol. The number of anilines is 2. The van der Waals surface area contributed by atoms with Crippen molar-refractivity contribution in [3.8, 4) is 11.5 Å². The first-order valence-electron chi connectivity index (χ1n) is 8.59. The van der Waals surface area contributed by atoms with Gasteiger partial charge in [0, 0.05) is 18.7 Å². The van der Waals surface area contributed by atoms with Gasteiger partial charge in [-0.3, -0.25) is 9.59 Å². The molecule has 0 aliphatic carbocycles. The molecule has 0 spiro atoms. The summed E-state index contributed by atoms with van der Waals surface area (Å²) in [5.74, 6) is 0.720. The maximum atomic E-state index is 12.5. The van der Waals surface area contributed by atoms with Crippen LogP contribution in [0.1, 0.15) is 13.3 Å². The van der Waals surface area contributed by atoms with Gasteiger partial charge in [-0.15, -0.1) is 0 Å². The quantitative estimate of drug-likeness (QED) is 0.866. The minimum atomic E-state index is -0.404. The maximum Gasteiger partial charge on any atom is 0.229 e. The predicted molar refractivity (Wildman–Crippen MR) is 99.7 cm³/mol. The zero-order valence-electron chi connectivity index (χ0n) is 14.9. The third kappa shape index (κ3) is 3.79. The van der Waals surface area contributed by atoms with Crippen molar-refractivity contribution in [1.29, 1.82) is 0 Å². The lowest BCUT2D eigenvalue weighted by Gasteiger charge is -2.19. The van der Waals surface area contributed by atoms with Crippen LogP contribution in [0.15, 0.2) is 48.5 Å². The number of rotatable bonds is 6. The summed E-state index contributed by atoms with van der Waals surface area (Å²) in [4.78, 5) is 26.6. The Kier molecular flexibility index (Phi) is 5.41. The number of carbonyl (C=O) groups is 2. The lowest BCUT2D eigenvalue weighted by Crippen LogP contribution is -2.28. The molecule has 1 aliphatic heterocycles. The number of carbonyl (C=O) groups excluding carboxylic acids is 2. The molecule has 2 aromatic rings. The molecule has 3 rings (SSSR count). The van der Waals surface area contributed by atoms with E-state index < -0.39 is 5.92 Å². The highest BCUT2D eigenvalue weighted by molar-refractivity contribution is 6.04. The molecule has 0 unspecified atom stereocenters. The molecule has 2 amide bonds. The second kappa shape index (κ2) is 7.91. The molecule has 0 radical (unpaired) electrons. The number of amides is 2. The van der Waals surface area contributed by atoms with Gasteiger partial charge in [-0.05, 0) is 43.3 Å². The summed E-state index contributed by atoms with van der Waals surface area (Å²) in [6.45, 7) is 2.84. The Balaban J connectivity index is 1.67. The van der Waals surface area contributed by atoms with Gasteiger partial charge in [0.05, 0.1) is 25.3 Å². The van der Waals surface area contributed by atoms with Gasteiger partial charge < -0.3 is 19.7 Å². The Hall–Kier alpha value is -3.02. The molecule has 0 bridgehead atoms. The van der Waals surface area contributed by atoms with E-state index in [-0.39, 0.29) is 18.2 Å². The second-order valence-electron chi connectivity index (χ2n) is 6.02. The third-order valence-electron chi connectivity index (χ3n) is 4.30. The van der Waals surface area contributed by atoms with Crippen LogP contribution in [0.5, 0.6) is 11.5 Å². The summed E-state index contributed by atoms with van der Waals surface area (Å²) in [6, 6.07) is 14.5. The normalized spacial score (nSPS) is 16.5. The molecule has 0 saturated carbocycles. The maximum absolute atomic E-state index is 12.5. The standard InChI is InChI=1S/C20H22N2O4/c1-3-26-16-10-8-15(9-11-16)21-20(24)14-12-19(23)22(13-14)17-6-4-5-7-18(17)25-2/h4-11,14H,3,12-13H2,1-2H3,(H,21,24)/t14-/m0/s1. The average Bonchev–Trinajstić information content (AvgIpc) is 3.05. The summed E-state index contributed by atoms with van der Waals surface area (Å²) < 4.78 is 10.7. The zero-order chi connectivity index (χ0) is 18.5. The fourth-order valence-electron chi connectivity index (χ4n) is 3.01. The molecule has 1 saturated heterocycles. The highest BCUT2D eigenvalue weighted by Crippen LogP contribution is 2.33. The molecule has 1 N–H and O–H groups in total. The van der Waals surface area contributed by atoms with E-state index in [0.29, 0.717) is 30.3 Å². The first-order chi connectivity index (χ1) is 12.6. The van der Waals surface area contributed by atoms with Crippen LogP contribution < -0.4 is 19.7 Å². The zero-order valence-corrected chi connectivity index (χ0v) is 14.9. The highest BCUT2D eigenvalue weighted by atomic mass is 16.5. The molecular weight excluding hydrogens is 332 g/mol. The third-order valence-corrected chi connectivity index (χ3v) is 4.30. The van der Waals surface area contributed by atoms with E-state index in [2.05, 4.69) is 5.32 Å². The van der Waals surface area contributed by atoms with E-state index in [0.717, 1.165) is 5.75 Å². The molecule has 26 heavy (non-hydrogen) atoms. The van der Waals surface area contributed by atoms with Crippen LogP contribution in [0.4, 0.5) is 11.4 Å². The Labute approximate surface area is 152 Å². The van der Waals surface area contributed by atoms with Crippen LogP contribution >= 0.6 is 0 Å². The lowest BCUT2D eigenvalue weighted by atomic mass is 10.1. The van der Waals surface area contributed by atoms with Crippen LogP contribution in [0.2, 0.25) is 0 Å². The Bertz CT molecular complexity index is 789. The number of methoxy groups -OCH3 is 1.